The lowest BCUT2D eigenvalue weighted by molar-refractivity contribution is 0.0932. The van der Waals surface area contributed by atoms with Crippen molar-refractivity contribution in [3.8, 4) is 0 Å². The lowest BCUT2D eigenvalue weighted by Gasteiger charge is -2.22. The first-order valence-corrected chi connectivity index (χ1v) is 8.87. The Bertz CT molecular complexity index is 755. The molecule has 128 valence electrons. The molecule has 1 aromatic carbocycles. The summed E-state index contributed by atoms with van der Waals surface area (Å²) in [5.41, 5.74) is 1.98. The van der Waals surface area contributed by atoms with Gasteiger partial charge in [0, 0.05) is 16.9 Å². The molecule has 0 saturated heterocycles. The molecule has 1 amide bonds. The van der Waals surface area contributed by atoms with Gasteiger partial charge in [0.2, 0.25) is 0 Å². The second-order valence-electron chi connectivity index (χ2n) is 7.27. The Kier molecular flexibility index (Phi) is 4.51. The van der Waals surface area contributed by atoms with E-state index in [1.54, 1.807) is 10.7 Å². The highest BCUT2D eigenvalue weighted by Crippen LogP contribution is 2.40. The molecule has 0 radical (unpaired) electrons. The molecule has 0 spiro atoms. The zero-order valence-corrected chi connectivity index (χ0v) is 15.7. The molecule has 0 aliphatic heterocycles. The second kappa shape index (κ2) is 6.31. The van der Waals surface area contributed by atoms with Crippen molar-refractivity contribution in [1.29, 1.82) is 0 Å². The molecule has 0 bridgehead atoms. The molecule has 3 rings (SSSR count). The van der Waals surface area contributed by atoms with Gasteiger partial charge in [0.1, 0.15) is 11.5 Å². The van der Waals surface area contributed by atoms with E-state index < -0.39 is 0 Å². The molecule has 1 fully saturated rings. The van der Waals surface area contributed by atoms with E-state index >= 15 is 0 Å². The SMILES string of the molecule is CC(C)(C)n1nc(C2CC2)cc1C(=O)NCc1cc(F)cc(Br)c1. The van der Waals surface area contributed by atoms with Crippen LogP contribution in [0.4, 0.5) is 4.39 Å². The number of aromatic nitrogens is 2. The van der Waals surface area contributed by atoms with E-state index in [-0.39, 0.29) is 23.8 Å². The average molecular weight is 394 g/mol. The van der Waals surface area contributed by atoms with Crippen molar-refractivity contribution < 1.29 is 9.18 Å². The quantitative estimate of drug-likeness (QED) is 0.839. The number of carbonyl (C=O) groups is 1. The van der Waals surface area contributed by atoms with E-state index in [9.17, 15) is 9.18 Å². The third-order valence-electron chi connectivity index (χ3n) is 3.97. The van der Waals surface area contributed by atoms with Crippen LogP contribution in [0.1, 0.15) is 61.3 Å². The van der Waals surface area contributed by atoms with Gasteiger partial charge in [-0.2, -0.15) is 5.10 Å². The summed E-state index contributed by atoms with van der Waals surface area (Å²) in [6.07, 6.45) is 2.28. The minimum Gasteiger partial charge on any atom is -0.347 e. The zero-order valence-electron chi connectivity index (χ0n) is 14.1. The van der Waals surface area contributed by atoms with Gasteiger partial charge in [0.15, 0.2) is 0 Å². The number of rotatable bonds is 4. The predicted molar refractivity (Wildman–Crippen MR) is 94.5 cm³/mol. The number of amides is 1. The van der Waals surface area contributed by atoms with Crippen LogP contribution in [0, 0.1) is 5.82 Å². The molecule has 24 heavy (non-hydrogen) atoms. The molecule has 1 N–H and O–H groups in total. The highest BCUT2D eigenvalue weighted by atomic mass is 79.9. The summed E-state index contributed by atoms with van der Waals surface area (Å²) in [6.45, 7) is 6.34. The van der Waals surface area contributed by atoms with Crippen molar-refractivity contribution in [3.05, 3.63) is 51.5 Å². The molecule has 0 unspecified atom stereocenters. The van der Waals surface area contributed by atoms with Crippen molar-refractivity contribution in [3.63, 3.8) is 0 Å². The van der Waals surface area contributed by atoms with E-state index in [0.29, 0.717) is 21.6 Å². The molecule has 1 heterocycles. The number of hydrogen-bond donors (Lipinski definition) is 1. The molecule has 6 heteroatoms. The van der Waals surface area contributed by atoms with Crippen LogP contribution in [0.3, 0.4) is 0 Å². The molecule has 1 aliphatic carbocycles. The first-order chi connectivity index (χ1) is 11.2. The topological polar surface area (TPSA) is 46.9 Å². The minimum atomic E-state index is -0.329. The van der Waals surface area contributed by atoms with Crippen molar-refractivity contribution in [1.82, 2.24) is 15.1 Å². The summed E-state index contributed by atoms with van der Waals surface area (Å²) < 4.78 is 15.9. The number of halogens is 2. The molecule has 1 aromatic heterocycles. The molecular weight excluding hydrogens is 373 g/mol. The molecule has 2 aromatic rings. The predicted octanol–water partition coefficient (Wildman–Crippen LogP) is 4.35. The largest absolute Gasteiger partial charge is 0.347 e. The van der Waals surface area contributed by atoms with Gasteiger partial charge in [-0.3, -0.25) is 9.48 Å². The monoisotopic (exact) mass is 393 g/mol. The average Bonchev–Trinajstić information content (AvgIpc) is 3.21. The maximum Gasteiger partial charge on any atom is 0.269 e. The van der Waals surface area contributed by atoms with Gasteiger partial charge in [-0.15, -0.1) is 0 Å². The number of carbonyl (C=O) groups excluding carboxylic acids is 1. The highest BCUT2D eigenvalue weighted by Gasteiger charge is 2.31. The Balaban J connectivity index is 1.79. The van der Waals surface area contributed by atoms with Crippen molar-refractivity contribution >= 4 is 21.8 Å². The van der Waals surface area contributed by atoms with Gasteiger partial charge in [-0.1, -0.05) is 15.9 Å². The Morgan fingerprint density at radius 2 is 2.04 bits per heavy atom. The summed E-state index contributed by atoms with van der Waals surface area (Å²) in [7, 11) is 0. The van der Waals surface area contributed by atoms with Crippen LogP contribution in [0.5, 0.6) is 0 Å². The van der Waals surface area contributed by atoms with Crippen LogP contribution in [0.15, 0.2) is 28.7 Å². The Labute approximate surface area is 149 Å². The van der Waals surface area contributed by atoms with E-state index in [2.05, 4.69) is 26.3 Å². The van der Waals surface area contributed by atoms with Crippen LogP contribution in [0.25, 0.3) is 0 Å². The van der Waals surface area contributed by atoms with Gasteiger partial charge < -0.3 is 5.32 Å². The van der Waals surface area contributed by atoms with Crippen molar-refractivity contribution in [2.24, 2.45) is 0 Å². The normalized spacial score (nSPS) is 14.7. The summed E-state index contributed by atoms with van der Waals surface area (Å²) in [4.78, 5) is 12.6. The second-order valence-corrected chi connectivity index (χ2v) is 8.19. The van der Waals surface area contributed by atoms with Gasteiger partial charge in [-0.05, 0) is 63.4 Å². The summed E-state index contributed by atoms with van der Waals surface area (Å²) >= 11 is 3.26. The van der Waals surface area contributed by atoms with Gasteiger partial charge in [0.25, 0.3) is 5.91 Å². The van der Waals surface area contributed by atoms with Gasteiger partial charge in [0.05, 0.1) is 11.2 Å². The van der Waals surface area contributed by atoms with Gasteiger partial charge in [-0.25, -0.2) is 4.39 Å². The Hall–Kier alpha value is -1.69. The standard InChI is InChI=1S/C18H21BrFN3O/c1-18(2,3)23-16(9-15(22-23)12-4-5-12)17(24)21-10-11-6-13(19)8-14(20)7-11/h6-9,12H,4-5,10H2,1-3H3,(H,21,24). The zero-order chi connectivity index (χ0) is 17.5. The maximum atomic E-state index is 13.4. The summed E-state index contributed by atoms with van der Waals surface area (Å²) in [5, 5.41) is 7.50. The van der Waals surface area contributed by atoms with Crippen molar-refractivity contribution in [2.45, 2.75) is 51.6 Å². The molecule has 1 aliphatic rings. The van der Waals surface area contributed by atoms with E-state index in [1.807, 2.05) is 26.8 Å². The molecule has 1 saturated carbocycles. The van der Waals surface area contributed by atoms with Gasteiger partial charge >= 0.3 is 0 Å². The number of hydrogen-bond acceptors (Lipinski definition) is 2. The van der Waals surface area contributed by atoms with E-state index in [0.717, 1.165) is 18.5 Å². The first kappa shape index (κ1) is 17.1. The highest BCUT2D eigenvalue weighted by molar-refractivity contribution is 9.10. The molecule has 0 atom stereocenters. The maximum absolute atomic E-state index is 13.4. The van der Waals surface area contributed by atoms with Crippen LogP contribution < -0.4 is 5.32 Å². The molecular formula is C18H21BrFN3O. The molecule has 4 nitrogen and oxygen atoms in total. The van der Waals surface area contributed by atoms with Crippen LogP contribution in [-0.4, -0.2) is 15.7 Å². The van der Waals surface area contributed by atoms with E-state index in [1.165, 1.54) is 12.1 Å². The summed E-state index contributed by atoms with van der Waals surface area (Å²) in [5.74, 6) is -0.0339. The number of benzene rings is 1. The lowest BCUT2D eigenvalue weighted by Crippen LogP contribution is -2.32. The number of nitrogens with one attached hydrogen (secondary N) is 1. The third-order valence-corrected chi connectivity index (χ3v) is 4.43. The fraction of sp³-hybridized carbons (Fsp3) is 0.444. The van der Waals surface area contributed by atoms with E-state index in [4.69, 9.17) is 0 Å². The summed E-state index contributed by atoms with van der Waals surface area (Å²) in [6, 6.07) is 6.49. The Morgan fingerprint density at radius 3 is 2.62 bits per heavy atom. The first-order valence-electron chi connectivity index (χ1n) is 8.07. The van der Waals surface area contributed by atoms with Crippen molar-refractivity contribution in [2.75, 3.05) is 0 Å². The minimum absolute atomic E-state index is 0.190. The lowest BCUT2D eigenvalue weighted by atomic mass is 10.1. The third kappa shape index (κ3) is 3.86. The van der Waals surface area contributed by atoms with Crippen LogP contribution >= 0.6 is 15.9 Å². The Morgan fingerprint density at radius 1 is 1.33 bits per heavy atom. The fourth-order valence-electron chi connectivity index (χ4n) is 2.64. The smallest absolute Gasteiger partial charge is 0.269 e. The van der Waals surface area contributed by atoms with Crippen LogP contribution in [-0.2, 0) is 12.1 Å². The van der Waals surface area contributed by atoms with Crippen LogP contribution in [0.2, 0.25) is 0 Å². The number of nitrogens with zero attached hydrogens (tertiary/aromatic N) is 2. The fourth-order valence-corrected chi connectivity index (χ4v) is 3.15.